The van der Waals surface area contributed by atoms with E-state index in [4.69, 9.17) is 0 Å². The molecule has 26 heavy (non-hydrogen) atoms. The summed E-state index contributed by atoms with van der Waals surface area (Å²) in [6, 6.07) is 21.6. The van der Waals surface area contributed by atoms with Gasteiger partial charge in [0.15, 0.2) is 0 Å². The van der Waals surface area contributed by atoms with Crippen molar-refractivity contribution in [1.82, 2.24) is 4.90 Å². The van der Waals surface area contributed by atoms with Crippen molar-refractivity contribution in [3.05, 3.63) is 77.9 Å². The first-order valence-electron chi connectivity index (χ1n) is 8.80. The highest BCUT2D eigenvalue weighted by Gasteiger charge is 2.27. The van der Waals surface area contributed by atoms with Crippen molar-refractivity contribution < 1.29 is 13.0 Å². The van der Waals surface area contributed by atoms with E-state index in [0.717, 1.165) is 36.7 Å². The van der Waals surface area contributed by atoms with Crippen molar-refractivity contribution >= 4 is 20.9 Å². The van der Waals surface area contributed by atoms with Gasteiger partial charge in [-0.05, 0) is 53.4 Å². The lowest BCUT2D eigenvalue weighted by Crippen LogP contribution is -2.22. The minimum absolute atomic E-state index is 0.0605. The molecule has 3 aromatic rings. The highest BCUT2D eigenvalue weighted by atomic mass is 32.2. The molecule has 1 aliphatic rings. The number of fused-ring (bicyclic) bond motifs is 1. The standard InChI is InChI=1S/C21H21NO3S/c23-26(24,25)18-11-12-19-17(14-18)8-4-9-20(19)21-10-5-13-22(21)15-16-6-2-1-3-7-16/h1-4,6-9,11-12,14,21H,5,10,13,15H2,(H,23,24,25). The number of hydrogen-bond donors (Lipinski definition) is 1. The Bertz CT molecular complexity index is 1030. The number of benzene rings is 3. The number of rotatable bonds is 4. The molecule has 3 aromatic carbocycles. The van der Waals surface area contributed by atoms with Gasteiger partial charge in [0, 0.05) is 12.6 Å². The monoisotopic (exact) mass is 367 g/mol. The molecule has 0 amide bonds. The van der Waals surface area contributed by atoms with Gasteiger partial charge in [0.25, 0.3) is 10.1 Å². The molecule has 4 rings (SSSR count). The van der Waals surface area contributed by atoms with E-state index >= 15 is 0 Å². The molecule has 5 heteroatoms. The Morgan fingerprint density at radius 3 is 2.58 bits per heavy atom. The van der Waals surface area contributed by atoms with E-state index in [-0.39, 0.29) is 4.90 Å². The van der Waals surface area contributed by atoms with Crippen molar-refractivity contribution in [2.75, 3.05) is 6.54 Å². The highest BCUT2D eigenvalue weighted by Crippen LogP contribution is 2.37. The third kappa shape index (κ3) is 3.38. The Morgan fingerprint density at radius 1 is 1.00 bits per heavy atom. The fraction of sp³-hybridized carbons (Fsp3) is 0.238. The molecule has 1 N–H and O–H groups in total. The van der Waals surface area contributed by atoms with Crippen molar-refractivity contribution in [3.8, 4) is 0 Å². The van der Waals surface area contributed by atoms with E-state index < -0.39 is 10.1 Å². The summed E-state index contributed by atoms with van der Waals surface area (Å²) in [6.45, 7) is 1.96. The fourth-order valence-electron chi connectivity index (χ4n) is 3.92. The zero-order valence-electron chi connectivity index (χ0n) is 14.4. The topological polar surface area (TPSA) is 57.6 Å². The average molecular weight is 367 g/mol. The van der Waals surface area contributed by atoms with Gasteiger partial charge in [-0.15, -0.1) is 0 Å². The van der Waals surface area contributed by atoms with E-state index in [2.05, 4.69) is 35.2 Å². The van der Waals surface area contributed by atoms with E-state index in [0.29, 0.717) is 6.04 Å². The Labute approximate surface area is 153 Å². The summed E-state index contributed by atoms with van der Waals surface area (Å²) >= 11 is 0. The molecule has 134 valence electrons. The fourth-order valence-corrected chi connectivity index (χ4v) is 4.44. The van der Waals surface area contributed by atoms with Crippen LogP contribution in [-0.4, -0.2) is 24.4 Å². The Balaban J connectivity index is 1.71. The molecule has 1 atom stereocenters. The van der Waals surface area contributed by atoms with E-state index in [1.54, 1.807) is 6.07 Å². The third-order valence-electron chi connectivity index (χ3n) is 5.13. The Kier molecular flexibility index (Phi) is 4.53. The van der Waals surface area contributed by atoms with Gasteiger partial charge in [-0.1, -0.05) is 54.6 Å². The van der Waals surface area contributed by atoms with Crippen LogP contribution in [-0.2, 0) is 16.7 Å². The second kappa shape index (κ2) is 6.83. The van der Waals surface area contributed by atoms with E-state index in [1.165, 1.54) is 17.2 Å². The van der Waals surface area contributed by atoms with Gasteiger partial charge >= 0.3 is 0 Å². The minimum atomic E-state index is -4.19. The molecular weight excluding hydrogens is 346 g/mol. The van der Waals surface area contributed by atoms with Crippen LogP contribution in [0.3, 0.4) is 0 Å². The zero-order chi connectivity index (χ0) is 18.1. The lowest BCUT2D eigenvalue weighted by molar-refractivity contribution is 0.250. The summed E-state index contributed by atoms with van der Waals surface area (Å²) in [5, 5.41) is 1.88. The molecule has 0 aliphatic carbocycles. The number of hydrogen-bond acceptors (Lipinski definition) is 3. The van der Waals surface area contributed by atoms with Crippen molar-refractivity contribution in [2.24, 2.45) is 0 Å². The van der Waals surface area contributed by atoms with Gasteiger partial charge in [0.05, 0.1) is 4.90 Å². The third-order valence-corrected chi connectivity index (χ3v) is 5.98. The van der Waals surface area contributed by atoms with Crippen molar-refractivity contribution in [1.29, 1.82) is 0 Å². The van der Waals surface area contributed by atoms with Crippen LogP contribution in [0.1, 0.15) is 30.0 Å². The van der Waals surface area contributed by atoms with Crippen molar-refractivity contribution in [2.45, 2.75) is 30.3 Å². The molecular formula is C21H21NO3S. The average Bonchev–Trinajstić information content (AvgIpc) is 3.08. The quantitative estimate of drug-likeness (QED) is 0.694. The van der Waals surface area contributed by atoms with Crippen LogP contribution in [0, 0.1) is 0 Å². The lowest BCUT2D eigenvalue weighted by Gasteiger charge is -2.26. The molecule has 1 aliphatic heterocycles. The summed E-state index contributed by atoms with van der Waals surface area (Å²) in [4.78, 5) is 2.43. The van der Waals surface area contributed by atoms with Crippen LogP contribution < -0.4 is 0 Å². The normalized spacial score (nSPS) is 18.4. The van der Waals surface area contributed by atoms with Gasteiger partial charge in [0.2, 0.25) is 0 Å². The van der Waals surface area contributed by atoms with Gasteiger partial charge in [-0.25, -0.2) is 0 Å². The highest BCUT2D eigenvalue weighted by molar-refractivity contribution is 7.85. The van der Waals surface area contributed by atoms with Crippen LogP contribution in [0.2, 0.25) is 0 Å². The van der Waals surface area contributed by atoms with Crippen LogP contribution in [0.5, 0.6) is 0 Å². The molecule has 1 saturated heterocycles. The summed E-state index contributed by atoms with van der Waals surface area (Å²) in [6.07, 6.45) is 2.24. The predicted octanol–water partition coefficient (Wildman–Crippen LogP) is 4.42. The summed E-state index contributed by atoms with van der Waals surface area (Å²) in [7, 11) is -4.19. The Morgan fingerprint density at radius 2 is 1.81 bits per heavy atom. The first-order chi connectivity index (χ1) is 12.5. The van der Waals surface area contributed by atoms with Crippen LogP contribution in [0.25, 0.3) is 10.8 Å². The molecule has 1 fully saturated rings. The molecule has 1 heterocycles. The lowest BCUT2D eigenvalue weighted by atomic mass is 9.97. The SMILES string of the molecule is O=S(=O)(O)c1ccc2c(C3CCCN3Cc3ccccc3)cccc2c1. The summed E-state index contributed by atoms with van der Waals surface area (Å²) < 4.78 is 32.1. The zero-order valence-corrected chi connectivity index (χ0v) is 15.2. The Hall–Kier alpha value is -2.21. The first-order valence-corrected chi connectivity index (χ1v) is 10.2. The van der Waals surface area contributed by atoms with Crippen LogP contribution in [0.4, 0.5) is 0 Å². The predicted molar refractivity (Wildman–Crippen MR) is 103 cm³/mol. The van der Waals surface area contributed by atoms with Gasteiger partial charge in [-0.2, -0.15) is 8.42 Å². The van der Waals surface area contributed by atoms with E-state index in [1.807, 2.05) is 24.3 Å². The van der Waals surface area contributed by atoms with Crippen LogP contribution >= 0.6 is 0 Å². The summed E-state index contributed by atoms with van der Waals surface area (Å²) in [5.74, 6) is 0. The smallest absolute Gasteiger partial charge is 0.292 e. The van der Waals surface area contributed by atoms with Gasteiger partial charge < -0.3 is 0 Å². The maximum absolute atomic E-state index is 11.4. The number of likely N-dealkylation sites (tertiary alicyclic amines) is 1. The molecule has 0 saturated carbocycles. The first kappa shape index (κ1) is 17.2. The molecule has 0 radical (unpaired) electrons. The van der Waals surface area contributed by atoms with Gasteiger partial charge in [-0.3, -0.25) is 9.45 Å². The maximum Gasteiger partial charge on any atom is 0.294 e. The molecule has 4 nitrogen and oxygen atoms in total. The molecule has 1 unspecified atom stereocenters. The van der Waals surface area contributed by atoms with Crippen LogP contribution in [0.15, 0.2) is 71.6 Å². The molecule has 0 spiro atoms. The molecule has 0 aromatic heterocycles. The number of nitrogens with zero attached hydrogens (tertiary/aromatic N) is 1. The molecule has 0 bridgehead atoms. The van der Waals surface area contributed by atoms with Gasteiger partial charge in [0.1, 0.15) is 0 Å². The second-order valence-corrected chi connectivity index (χ2v) is 8.24. The summed E-state index contributed by atoms with van der Waals surface area (Å²) in [5.41, 5.74) is 2.52. The minimum Gasteiger partial charge on any atom is -0.292 e. The second-order valence-electron chi connectivity index (χ2n) is 6.82. The maximum atomic E-state index is 11.4. The largest absolute Gasteiger partial charge is 0.294 e. The van der Waals surface area contributed by atoms with E-state index in [9.17, 15) is 13.0 Å². The van der Waals surface area contributed by atoms with Crippen molar-refractivity contribution in [3.63, 3.8) is 0 Å².